The maximum atomic E-state index is 8.99. The van der Waals surface area contributed by atoms with Crippen LogP contribution in [0.2, 0.25) is 0 Å². The monoisotopic (exact) mass is 222 g/mol. The van der Waals surface area contributed by atoms with Gasteiger partial charge in [-0.15, -0.1) is 0 Å². The Labute approximate surface area is 98.9 Å². The molecular formula is C12H22N4. The minimum absolute atomic E-state index is 0.619. The van der Waals surface area contributed by atoms with Crippen molar-refractivity contribution in [3.05, 3.63) is 11.9 Å². The molecule has 0 unspecified atom stereocenters. The molecule has 0 fully saturated rings. The van der Waals surface area contributed by atoms with Gasteiger partial charge in [0, 0.05) is 26.2 Å². The number of nitriles is 1. The standard InChI is InChI=1S/C12H22N4/c1-5-15(6-2)11-14-10-12(9-13)16(7-3)8-4/h10-11H,5-8H2,1-4H3/b12-10+,14-11?. The van der Waals surface area contributed by atoms with Crippen molar-refractivity contribution in [1.82, 2.24) is 9.80 Å². The average Bonchev–Trinajstić information content (AvgIpc) is 2.33. The Kier molecular flexibility index (Phi) is 7.96. The summed E-state index contributed by atoms with van der Waals surface area (Å²) in [4.78, 5) is 8.24. The van der Waals surface area contributed by atoms with Crippen molar-refractivity contribution < 1.29 is 0 Å². The summed E-state index contributed by atoms with van der Waals surface area (Å²) in [5.74, 6) is 0. The van der Waals surface area contributed by atoms with Crippen molar-refractivity contribution in [3.8, 4) is 6.07 Å². The van der Waals surface area contributed by atoms with Gasteiger partial charge in [0.2, 0.25) is 0 Å². The summed E-state index contributed by atoms with van der Waals surface area (Å²) in [5.41, 5.74) is 0.619. The van der Waals surface area contributed by atoms with E-state index in [1.54, 1.807) is 12.5 Å². The smallest absolute Gasteiger partial charge is 0.134 e. The van der Waals surface area contributed by atoms with Crippen molar-refractivity contribution in [2.24, 2.45) is 4.99 Å². The van der Waals surface area contributed by atoms with Crippen LogP contribution >= 0.6 is 0 Å². The SMILES string of the molecule is CCN(C=N/C=C(\C#N)N(CC)CC)CC. The highest BCUT2D eigenvalue weighted by Gasteiger charge is 2.02. The fraction of sp³-hybridized carbons (Fsp3) is 0.667. The van der Waals surface area contributed by atoms with E-state index in [9.17, 15) is 0 Å². The Bertz CT molecular complexity index is 267. The summed E-state index contributed by atoms with van der Waals surface area (Å²) >= 11 is 0. The van der Waals surface area contributed by atoms with Crippen molar-refractivity contribution >= 4 is 6.34 Å². The van der Waals surface area contributed by atoms with E-state index in [4.69, 9.17) is 5.26 Å². The Balaban J connectivity index is 4.54. The highest BCUT2D eigenvalue weighted by molar-refractivity contribution is 5.55. The summed E-state index contributed by atoms with van der Waals surface area (Å²) in [5, 5.41) is 8.99. The van der Waals surface area contributed by atoms with E-state index in [0.29, 0.717) is 5.70 Å². The molecule has 0 aromatic carbocycles. The molecule has 0 atom stereocenters. The van der Waals surface area contributed by atoms with Crippen molar-refractivity contribution in [3.63, 3.8) is 0 Å². The number of nitrogens with zero attached hydrogens (tertiary/aromatic N) is 4. The molecule has 0 aliphatic carbocycles. The zero-order valence-corrected chi connectivity index (χ0v) is 10.8. The normalized spacial score (nSPS) is 11.6. The van der Waals surface area contributed by atoms with Crippen LogP contribution in [0.15, 0.2) is 16.9 Å². The summed E-state index contributed by atoms with van der Waals surface area (Å²) in [7, 11) is 0. The number of aliphatic imine (C=N–C) groups is 1. The second-order valence-electron chi connectivity index (χ2n) is 3.28. The van der Waals surface area contributed by atoms with Crippen molar-refractivity contribution in [2.45, 2.75) is 27.7 Å². The zero-order valence-electron chi connectivity index (χ0n) is 10.8. The van der Waals surface area contributed by atoms with Gasteiger partial charge in [0.1, 0.15) is 11.8 Å². The molecule has 4 heteroatoms. The fourth-order valence-corrected chi connectivity index (χ4v) is 1.33. The van der Waals surface area contributed by atoms with Crippen molar-refractivity contribution in [2.75, 3.05) is 26.2 Å². The molecule has 0 amide bonds. The van der Waals surface area contributed by atoms with Crippen LogP contribution in [0.25, 0.3) is 0 Å². The van der Waals surface area contributed by atoms with E-state index in [1.807, 2.05) is 18.7 Å². The van der Waals surface area contributed by atoms with Crippen LogP contribution in [0.1, 0.15) is 27.7 Å². The first kappa shape index (κ1) is 14.5. The lowest BCUT2D eigenvalue weighted by Gasteiger charge is -2.18. The van der Waals surface area contributed by atoms with Crippen LogP contribution in [0.3, 0.4) is 0 Å². The molecule has 0 aromatic rings. The molecule has 0 heterocycles. The summed E-state index contributed by atoms with van der Waals surface area (Å²) in [6.45, 7) is 11.7. The van der Waals surface area contributed by atoms with Crippen LogP contribution < -0.4 is 0 Å². The van der Waals surface area contributed by atoms with Gasteiger partial charge in [-0.1, -0.05) is 0 Å². The van der Waals surface area contributed by atoms with Gasteiger partial charge in [0.05, 0.1) is 12.5 Å². The van der Waals surface area contributed by atoms with Gasteiger partial charge in [-0.3, -0.25) is 0 Å². The largest absolute Gasteiger partial charge is 0.363 e. The topological polar surface area (TPSA) is 42.6 Å². The molecule has 0 saturated carbocycles. The predicted octanol–water partition coefficient (Wildman–Crippen LogP) is 2.06. The highest BCUT2D eigenvalue weighted by atomic mass is 15.2. The molecule has 0 aliphatic heterocycles. The number of allylic oxidation sites excluding steroid dienone is 1. The van der Waals surface area contributed by atoms with E-state index >= 15 is 0 Å². The lowest BCUT2D eigenvalue weighted by atomic mass is 10.4. The summed E-state index contributed by atoms with van der Waals surface area (Å²) in [6.07, 6.45) is 3.41. The zero-order chi connectivity index (χ0) is 12.4. The average molecular weight is 222 g/mol. The molecule has 90 valence electrons. The van der Waals surface area contributed by atoms with Crippen LogP contribution in [-0.4, -0.2) is 42.3 Å². The van der Waals surface area contributed by atoms with Gasteiger partial charge in [0.15, 0.2) is 0 Å². The molecule has 0 N–H and O–H groups in total. The molecule has 0 rings (SSSR count). The molecule has 0 spiro atoms. The van der Waals surface area contributed by atoms with Crippen LogP contribution in [0.5, 0.6) is 0 Å². The quantitative estimate of drug-likeness (QED) is 0.376. The van der Waals surface area contributed by atoms with Gasteiger partial charge in [-0.05, 0) is 27.7 Å². The third-order valence-electron chi connectivity index (χ3n) is 2.46. The first-order chi connectivity index (χ1) is 7.73. The van der Waals surface area contributed by atoms with Crippen LogP contribution in [0, 0.1) is 11.3 Å². The second kappa shape index (κ2) is 8.78. The van der Waals surface area contributed by atoms with E-state index < -0.39 is 0 Å². The van der Waals surface area contributed by atoms with Gasteiger partial charge in [-0.2, -0.15) is 5.26 Å². The Hall–Kier alpha value is -1.50. The lowest BCUT2D eigenvalue weighted by molar-refractivity contribution is 0.396. The van der Waals surface area contributed by atoms with E-state index in [0.717, 1.165) is 26.2 Å². The minimum Gasteiger partial charge on any atom is -0.363 e. The predicted molar refractivity (Wildman–Crippen MR) is 68.0 cm³/mol. The Morgan fingerprint density at radius 2 is 1.69 bits per heavy atom. The number of hydrogen-bond acceptors (Lipinski definition) is 3. The van der Waals surface area contributed by atoms with E-state index in [-0.39, 0.29) is 0 Å². The molecule has 16 heavy (non-hydrogen) atoms. The molecule has 0 bridgehead atoms. The fourth-order valence-electron chi connectivity index (χ4n) is 1.33. The Morgan fingerprint density at radius 3 is 2.06 bits per heavy atom. The van der Waals surface area contributed by atoms with Gasteiger partial charge in [0.25, 0.3) is 0 Å². The van der Waals surface area contributed by atoms with Crippen molar-refractivity contribution in [1.29, 1.82) is 5.26 Å². The molecular weight excluding hydrogens is 200 g/mol. The van der Waals surface area contributed by atoms with E-state index in [2.05, 4.69) is 29.8 Å². The number of hydrogen-bond donors (Lipinski definition) is 0. The third kappa shape index (κ3) is 4.83. The summed E-state index contributed by atoms with van der Waals surface area (Å²) in [6, 6.07) is 2.17. The highest BCUT2D eigenvalue weighted by Crippen LogP contribution is 2.02. The third-order valence-corrected chi connectivity index (χ3v) is 2.46. The van der Waals surface area contributed by atoms with Gasteiger partial charge < -0.3 is 9.80 Å². The first-order valence-electron chi connectivity index (χ1n) is 5.85. The van der Waals surface area contributed by atoms with Gasteiger partial charge >= 0.3 is 0 Å². The molecule has 0 radical (unpaired) electrons. The van der Waals surface area contributed by atoms with Crippen LogP contribution in [-0.2, 0) is 0 Å². The van der Waals surface area contributed by atoms with E-state index in [1.165, 1.54) is 0 Å². The maximum Gasteiger partial charge on any atom is 0.134 e. The Morgan fingerprint density at radius 1 is 1.12 bits per heavy atom. The lowest BCUT2D eigenvalue weighted by Crippen LogP contribution is -2.22. The maximum absolute atomic E-state index is 8.99. The van der Waals surface area contributed by atoms with Crippen LogP contribution in [0.4, 0.5) is 0 Å². The number of rotatable bonds is 7. The minimum atomic E-state index is 0.619. The molecule has 0 saturated heterocycles. The summed E-state index contributed by atoms with van der Waals surface area (Å²) < 4.78 is 0. The molecule has 0 aliphatic rings. The second-order valence-corrected chi connectivity index (χ2v) is 3.28. The van der Waals surface area contributed by atoms with Gasteiger partial charge in [-0.25, -0.2) is 4.99 Å². The molecule has 0 aromatic heterocycles. The first-order valence-corrected chi connectivity index (χ1v) is 5.85. The molecule has 4 nitrogen and oxygen atoms in total.